The van der Waals surface area contributed by atoms with E-state index in [1.807, 2.05) is 0 Å². The standard InChI is InChI=1S/C17H16N2O2/c1-10-2-5-16-15(6-10)18-17(19(16)12-3-4-12)11-7-13(20)9-14(21)8-11/h2,5-9,12,20-21H,3-4H2,1H3. The fourth-order valence-corrected chi connectivity index (χ4v) is 2.84. The van der Waals surface area contributed by atoms with Crippen LogP contribution in [0.3, 0.4) is 0 Å². The van der Waals surface area contributed by atoms with Gasteiger partial charge in [0, 0.05) is 17.7 Å². The highest BCUT2D eigenvalue weighted by Crippen LogP contribution is 2.42. The molecular formula is C17H16N2O2. The molecule has 0 atom stereocenters. The molecule has 4 rings (SSSR count). The molecule has 2 N–H and O–H groups in total. The van der Waals surface area contributed by atoms with Gasteiger partial charge in [-0.25, -0.2) is 4.98 Å². The number of hydrogen-bond donors (Lipinski definition) is 2. The minimum absolute atomic E-state index is 0.0515. The molecule has 0 amide bonds. The van der Waals surface area contributed by atoms with Gasteiger partial charge in [-0.3, -0.25) is 0 Å². The number of hydrogen-bond acceptors (Lipinski definition) is 3. The third kappa shape index (κ3) is 2.03. The van der Waals surface area contributed by atoms with E-state index in [-0.39, 0.29) is 11.5 Å². The molecule has 1 fully saturated rings. The summed E-state index contributed by atoms with van der Waals surface area (Å²) in [4.78, 5) is 4.73. The van der Waals surface area contributed by atoms with E-state index in [9.17, 15) is 10.2 Å². The summed E-state index contributed by atoms with van der Waals surface area (Å²) in [5.41, 5.74) is 3.99. The van der Waals surface area contributed by atoms with Crippen molar-refractivity contribution in [3.63, 3.8) is 0 Å². The molecule has 1 aliphatic carbocycles. The van der Waals surface area contributed by atoms with Crippen LogP contribution >= 0.6 is 0 Å². The average Bonchev–Trinajstić information content (AvgIpc) is 3.18. The van der Waals surface area contributed by atoms with Gasteiger partial charge in [0.25, 0.3) is 0 Å². The zero-order valence-electron chi connectivity index (χ0n) is 11.7. The normalized spacial score (nSPS) is 14.7. The van der Waals surface area contributed by atoms with Crippen LogP contribution in [0.25, 0.3) is 22.4 Å². The highest BCUT2D eigenvalue weighted by atomic mass is 16.3. The van der Waals surface area contributed by atoms with E-state index in [4.69, 9.17) is 4.98 Å². The quantitative estimate of drug-likeness (QED) is 0.751. The Labute approximate surface area is 122 Å². The number of aromatic nitrogens is 2. The molecule has 106 valence electrons. The van der Waals surface area contributed by atoms with Crippen molar-refractivity contribution in [2.24, 2.45) is 0 Å². The molecule has 0 spiro atoms. The summed E-state index contributed by atoms with van der Waals surface area (Å²) in [5.74, 6) is 0.912. The lowest BCUT2D eigenvalue weighted by Crippen LogP contribution is -1.97. The number of nitrogens with zero attached hydrogens (tertiary/aromatic N) is 2. The molecule has 0 radical (unpaired) electrons. The Morgan fingerprint density at radius 2 is 1.76 bits per heavy atom. The van der Waals surface area contributed by atoms with Gasteiger partial charge in [-0.2, -0.15) is 0 Å². The van der Waals surface area contributed by atoms with Gasteiger partial charge >= 0.3 is 0 Å². The van der Waals surface area contributed by atoms with Crippen LogP contribution in [0.15, 0.2) is 36.4 Å². The summed E-state index contributed by atoms with van der Waals surface area (Å²) in [6.45, 7) is 2.05. The molecule has 1 aliphatic rings. The summed E-state index contributed by atoms with van der Waals surface area (Å²) in [7, 11) is 0. The lowest BCUT2D eigenvalue weighted by atomic mass is 10.2. The Balaban J connectivity index is 2.00. The van der Waals surface area contributed by atoms with E-state index in [0.717, 1.165) is 35.3 Å². The van der Waals surface area contributed by atoms with Crippen molar-refractivity contribution in [1.29, 1.82) is 0 Å². The van der Waals surface area contributed by atoms with Crippen LogP contribution in [0.4, 0.5) is 0 Å². The molecule has 4 heteroatoms. The van der Waals surface area contributed by atoms with Crippen molar-refractivity contribution in [3.8, 4) is 22.9 Å². The zero-order chi connectivity index (χ0) is 14.6. The average molecular weight is 280 g/mol. The maximum absolute atomic E-state index is 9.72. The topological polar surface area (TPSA) is 58.3 Å². The van der Waals surface area contributed by atoms with Crippen LogP contribution in [0.1, 0.15) is 24.4 Å². The Morgan fingerprint density at radius 3 is 2.43 bits per heavy atom. The van der Waals surface area contributed by atoms with Gasteiger partial charge in [0.15, 0.2) is 0 Å². The number of imidazole rings is 1. The number of fused-ring (bicyclic) bond motifs is 1. The van der Waals surface area contributed by atoms with E-state index in [2.05, 4.69) is 29.7 Å². The largest absolute Gasteiger partial charge is 0.508 e. The molecular weight excluding hydrogens is 264 g/mol. The molecule has 0 saturated heterocycles. The van der Waals surface area contributed by atoms with Gasteiger partial charge in [-0.05, 0) is 49.6 Å². The van der Waals surface area contributed by atoms with Gasteiger partial charge in [0.1, 0.15) is 17.3 Å². The molecule has 1 aromatic heterocycles. The second-order valence-corrected chi connectivity index (χ2v) is 5.77. The second-order valence-electron chi connectivity index (χ2n) is 5.77. The van der Waals surface area contributed by atoms with E-state index in [0.29, 0.717) is 6.04 Å². The molecule has 1 heterocycles. The third-order valence-electron chi connectivity index (χ3n) is 3.92. The molecule has 4 nitrogen and oxygen atoms in total. The molecule has 2 aromatic carbocycles. The lowest BCUT2D eigenvalue weighted by molar-refractivity contribution is 0.451. The number of aryl methyl sites for hydroxylation is 1. The molecule has 1 saturated carbocycles. The minimum atomic E-state index is 0.0515. The first-order valence-corrected chi connectivity index (χ1v) is 7.14. The lowest BCUT2D eigenvalue weighted by Gasteiger charge is -2.08. The van der Waals surface area contributed by atoms with Crippen LogP contribution < -0.4 is 0 Å². The van der Waals surface area contributed by atoms with Crippen molar-refractivity contribution >= 4 is 11.0 Å². The number of rotatable bonds is 2. The fraction of sp³-hybridized carbons (Fsp3) is 0.235. The summed E-state index contributed by atoms with van der Waals surface area (Å²) < 4.78 is 2.23. The predicted octanol–water partition coefficient (Wildman–Crippen LogP) is 3.76. The van der Waals surface area contributed by atoms with Crippen LogP contribution in [0, 0.1) is 6.92 Å². The van der Waals surface area contributed by atoms with Crippen LogP contribution in [-0.2, 0) is 0 Å². The molecule has 3 aromatic rings. The third-order valence-corrected chi connectivity index (χ3v) is 3.92. The van der Waals surface area contributed by atoms with E-state index in [1.54, 1.807) is 12.1 Å². The maximum Gasteiger partial charge on any atom is 0.141 e. The Morgan fingerprint density at radius 1 is 1.05 bits per heavy atom. The second kappa shape index (κ2) is 4.25. The van der Waals surface area contributed by atoms with Crippen molar-refractivity contribution in [2.45, 2.75) is 25.8 Å². The minimum Gasteiger partial charge on any atom is -0.508 e. The first-order valence-electron chi connectivity index (χ1n) is 7.14. The molecule has 0 unspecified atom stereocenters. The first-order chi connectivity index (χ1) is 10.1. The summed E-state index contributed by atoms with van der Waals surface area (Å²) in [6, 6.07) is 11.4. The van der Waals surface area contributed by atoms with Gasteiger partial charge in [-0.1, -0.05) is 6.07 Å². The van der Waals surface area contributed by atoms with Crippen LogP contribution in [-0.4, -0.2) is 19.8 Å². The molecule has 0 bridgehead atoms. The first kappa shape index (κ1) is 12.3. The smallest absolute Gasteiger partial charge is 0.141 e. The zero-order valence-corrected chi connectivity index (χ0v) is 11.7. The van der Waals surface area contributed by atoms with Gasteiger partial charge in [0.2, 0.25) is 0 Å². The Bertz CT molecular complexity index is 827. The fourth-order valence-electron chi connectivity index (χ4n) is 2.84. The van der Waals surface area contributed by atoms with Gasteiger partial charge in [0.05, 0.1) is 11.0 Å². The van der Waals surface area contributed by atoms with Crippen molar-refractivity contribution < 1.29 is 10.2 Å². The van der Waals surface area contributed by atoms with E-state index >= 15 is 0 Å². The monoisotopic (exact) mass is 280 g/mol. The van der Waals surface area contributed by atoms with Crippen LogP contribution in [0.5, 0.6) is 11.5 Å². The highest BCUT2D eigenvalue weighted by Gasteiger charge is 2.28. The summed E-state index contributed by atoms with van der Waals surface area (Å²) >= 11 is 0. The highest BCUT2D eigenvalue weighted by molar-refractivity contribution is 5.82. The van der Waals surface area contributed by atoms with E-state index < -0.39 is 0 Å². The summed E-state index contributed by atoms with van der Waals surface area (Å²) in [5, 5.41) is 19.4. The Hall–Kier alpha value is -2.49. The Kier molecular flexibility index (Phi) is 2.48. The SMILES string of the molecule is Cc1ccc2c(c1)nc(-c1cc(O)cc(O)c1)n2C1CC1. The molecule has 21 heavy (non-hydrogen) atoms. The number of phenols is 2. The summed E-state index contributed by atoms with van der Waals surface area (Å²) in [6.07, 6.45) is 2.30. The van der Waals surface area contributed by atoms with E-state index in [1.165, 1.54) is 11.6 Å². The predicted molar refractivity (Wildman–Crippen MR) is 81.5 cm³/mol. The molecule has 0 aliphatic heterocycles. The van der Waals surface area contributed by atoms with Crippen molar-refractivity contribution in [3.05, 3.63) is 42.0 Å². The maximum atomic E-state index is 9.72. The number of phenolic OH excluding ortho intramolecular Hbond substituents is 2. The number of benzene rings is 2. The van der Waals surface area contributed by atoms with Crippen molar-refractivity contribution in [1.82, 2.24) is 9.55 Å². The van der Waals surface area contributed by atoms with Crippen LogP contribution in [0.2, 0.25) is 0 Å². The van der Waals surface area contributed by atoms with Gasteiger partial charge < -0.3 is 14.8 Å². The number of aromatic hydroxyl groups is 2. The van der Waals surface area contributed by atoms with Crippen molar-refractivity contribution in [2.75, 3.05) is 0 Å². The van der Waals surface area contributed by atoms with Gasteiger partial charge in [-0.15, -0.1) is 0 Å².